The second kappa shape index (κ2) is 21.2. The van der Waals surface area contributed by atoms with E-state index in [1.54, 1.807) is 111 Å². The van der Waals surface area contributed by atoms with Crippen LogP contribution in [0.3, 0.4) is 0 Å². The Labute approximate surface area is 425 Å². The van der Waals surface area contributed by atoms with Gasteiger partial charge in [0.25, 0.3) is 23.6 Å². The van der Waals surface area contributed by atoms with Crippen molar-refractivity contribution in [3.63, 3.8) is 0 Å². The van der Waals surface area contributed by atoms with E-state index in [0.717, 1.165) is 6.41 Å². The van der Waals surface area contributed by atoms with Gasteiger partial charge in [0.15, 0.2) is 24.1 Å². The molecule has 5 amide bonds. The van der Waals surface area contributed by atoms with Gasteiger partial charge in [0, 0.05) is 35.5 Å². The number of aryl methyl sites for hydroxylation is 2. The summed E-state index contributed by atoms with van der Waals surface area (Å²) in [6.45, 7) is 3.10. The van der Waals surface area contributed by atoms with E-state index in [-0.39, 0.29) is 68.7 Å². The second-order valence-electron chi connectivity index (χ2n) is 16.8. The zero-order valence-electron chi connectivity index (χ0n) is 39.3. The molecule has 8 aromatic rings. The predicted molar refractivity (Wildman–Crippen MR) is 272 cm³/mol. The van der Waals surface area contributed by atoms with Crippen molar-refractivity contribution in [2.45, 2.75) is 25.9 Å². The number of aromatic nitrogens is 2. The Hall–Kier alpha value is -8.87. The summed E-state index contributed by atoms with van der Waals surface area (Å²) < 4.78 is 22.5. The number of hydrogen-bond acceptors (Lipinski definition) is 13. The number of nitrogens with two attached hydrogens (primary N) is 2. The van der Waals surface area contributed by atoms with Crippen LogP contribution in [0.2, 0.25) is 10.0 Å². The standard InChI is InChI=1S/2C25H18ClN3O5.C3H7NO/c2*1-13-3-2-4-20(28-13)29-22(14-5-8-16(9-6-14)33-12-19(27)30)21-23(31)17-11-15(26)7-10-18(17)34-24(21)25(29)32;1-4(2)3-5/h2*2-11,22H,12H2,1H3,(H2,27,30);3H,1-2H3. The van der Waals surface area contributed by atoms with Crippen LogP contribution in [-0.2, 0) is 14.4 Å². The number of ether oxygens (including phenoxy) is 2. The van der Waals surface area contributed by atoms with Crippen molar-refractivity contribution in [3.8, 4) is 11.5 Å². The van der Waals surface area contributed by atoms with Gasteiger partial charge in [-0.3, -0.25) is 43.4 Å². The second-order valence-corrected chi connectivity index (χ2v) is 17.6. The highest BCUT2D eigenvalue weighted by atomic mass is 35.5. The van der Waals surface area contributed by atoms with E-state index in [2.05, 4.69) is 9.97 Å². The first-order valence-electron chi connectivity index (χ1n) is 22.1. The number of amides is 5. The van der Waals surface area contributed by atoms with Crippen molar-refractivity contribution in [1.82, 2.24) is 14.9 Å². The molecule has 4 N–H and O–H groups in total. The topological polar surface area (TPSA) is 252 Å². The maximum Gasteiger partial charge on any atom is 0.296 e. The van der Waals surface area contributed by atoms with Gasteiger partial charge in [0.1, 0.15) is 34.3 Å². The first-order chi connectivity index (χ1) is 34.9. The minimum Gasteiger partial charge on any atom is -0.484 e. The molecule has 20 heteroatoms. The molecule has 0 radical (unpaired) electrons. The smallest absolute Gasteiger partial charge is 0.296 e. The fourth-order valence-corrected chi connectivity index (χ4v) is 8.47. The average Bonchev–Trinajstić information content (AvgIpc) is 3.83. The summed E-state index contributed by atoms with van der Waals surface area (Å²) in [5.41, 5.74) is 13.2. The van der Waals surface area contributed by atoms with Gasteiger partial charge < -0.3 is 34.7 Å². The molecule has 4 aromatic carbocycles. The molecule has 2 aliphatic heterocycles. The Morgan fingerprint density at radius 3 is 1.32 bits per heavy atom. The molecule has 6 heterocycles. The van der Waals surface area contributed by atoms with Crippen LogP contribution in [-0.4, -0.2) is 72.2 Å². The van der Waals surface area contributed by atoms with E-state index in [0.29, 0.717) is 55.7 Å². The fraction of sp³-hybridized carbons (Fsp3) is 0.151. The number of nitrogens with zero attached hydrogens (tertiary/aromatic N) is 5. The molecule has 18 nitrogen and oxygen atoms in total. The molecule has 2 aliphatic rings. The summed E-state index contributed by atoms with van der Waals surface area (Å²) in [5.74, 6) is -0.603. The lowest BCUT2D eigenvalue weighted by atomic mass is 9.98. The first kappa shape index (κ1) is 50.5. The number of fused-ring (bicyclic) bond motifs is 4. The molecule has 0 saturated carbocycles. The number of carbonyl (C=O) groups excluding carboxylic acids is 5. The Bertz CT molecular complexity index is 3370. The lowest BCUT2D eigenvalue weighted by molar-refractivity contribution is -0.120. The minimum atomic E-state index is -0.790. The number of primary amides is 2. The molecular formula is C53H43Cl2N7O11. The van der Waals surface area contributed by atoms with E-state index >= 15 is 0 Å². The SMILES string of the molecule is CN(C)C=O.Cc1cccc(N2C(=O)c3oc4ccc(Cl)cc4c(=O)c3C2c2ccc(OCC(N)=O)cc2)n1.Cc1cccc(N2C(=O)c3oc4ccc(Cl)cc4c(=O)c3C2c2ccc(OCC(N)=O)cc2)n1. The molecule has 2 unspecified atom stereocenters. The number of benzene rings is 4. The van der Waals surface area contributed by atoms with Gasteiger partial charge in [-0.25, -0.2) is 9.97 Å². The Morgan fingerprint density at radius 2 is 0.986 bits per heavy atom. The number of hydrogen-bond donors (Lipinski definition) is 2. The largest absolute Gasteiger partial charge is 0.484 e. The summed E-state index contributed by atoms with van der Waals surface area (Å²) >= 11 is 12.2. The third-order valence-corrected chi connectivity index (χ3v) is 11.7. The van der Waals surface area contributed by atoms with Crippen molar-refractivity contribution >= 4 is 86.8 Å². The summed E-state index contributed by atoms with van der Waals surface area (Å²) in [5, 5.41) is 1.33. The number of halogens is 2. The van der Waals surface area contributed by atoms with Gasteiger partial charge >= 0.3 is 0 Å². The molecule has 370 valence electrons. The van der Waals surface area contributed by atoms with Crippen LogP contribution in [0.5, 0.6) is 11.5 Å². The highest BCUT2D eigenvalue weighted by Crippen LogP contribution is 2.43. The number of anilines is 2. The maximum atomic E-state index is 13.6. The predicted octanol–water partition coefficient (Wildman–Crippen LogP) is 7.23. The van der Waals surface area contributed by atoms with E-state index < -0.39 is 35.7 Å². The number of pyridine rings is 2. The van der Waals surface area contributed by atoms with Crippen molar-refractivity contribution in [1.29, 1.82) is 0 Å². The van der Waals surface area contributed by atoms with Gasteiger partial charge in [-0.2, -0.15) is 0 Å². The monoisotopic (exact) mass is 1020 g/mol. The van der Waals surface area contributed by atoms with Gasteiger partial charge in [-0.1, -0.05) is 59.6 Å². The van der Waals surface area contributed by atoms with Gasteiger partial charge in [-0.15, -0.1) is 0 Å². The van der Waals surface area contributed by atoms with Crippen LogP contribution in [0.15, 0.2) is 140 Å². The minimum absolute atomic E-state index is 0.0396. The van der Waals surface area contributed by atoms with Gasteiger partial charge in [0.05, 0.1) is 34.0 Å². The van der Waals surface area contributed by atoms with E-state index in [4.69, 9.17) is 53.0 Å². The van der Waals surface area contributed by atoms with E-state index in [1.165, 1.54) is 26.8 Å². The molecule has 0 fully saturated rings. The zero-order valence-corrected chi connectivity index (χ0v) is 40.8. The number of rotatable bonds is 11. The summed E-state index contributed by atoms with van der Waals surface area (Å²) in [4.78, 5) is 99.1. The molecule has 4 aromatic heterocycles. The van der Waals surface area contributed by atoms with Gasteiger partial charge in [-0.05, 0) is 110 Å². The highest BCUT2D eigenvalue weighted by molar-refractivity contribution is 6.31. The van der Waals surface area contributed by atoms with Crippen LogP contribution in [0.1, 0.15) is 66.8 Å². The normalized spacial score (nSPS) is 14.4. The Kier molecular flexibility index (Phi) is 14.7. The summed E-state index contributed by atoms with van der Waals surface area (Å²) in [6.07, 6.45) is 0.750. The molecule has 10 rings (SSSR count). The highest BCUT2D eigenvalue weighted by Gasteiger charge is 2.46. The average molecular weight is 1020 g/mol. The van der Waals surface area contributed by atoms with E-state index in [9.17, 15) is 33.6 Å². The molecule has 0 saturated heterocycles. The third kappa shape index (κ3) is 10.6. The first-order valence-corrected chi connectivity index (χ1v) is 22.9. The molecule has 2 atom stereocenters. The molecule has 73 heavy (non-hydrogen) atoms. The fourth-order valence-electron chi connectivity index (χ4n) is 8.12. The van der Waals surface area contributed by atoms with Crippen molar-refractivity contribution in [2.24, 2.45) is 11.5 Å². The van der Waals surface area contributed by atoms with Crippen LogP contribution in [0.4, 0.5) is 11.6 Å². The summed E-state index contributed by atoms with van der Waals surface area (Å²) in [6, 6.07) is 31.9. The van der Waals surface area contributed by atoms with Gasteiger partial charge in [0.2, 0.25) is 17.9 Å². The van der Waals surface area contributed by atoms with Crippen molar-refractivity contribution in [3.05, 3.63) is 197 Å². The molecular weight excluding hydrogens is 982 g/mol. The number of carbonyl (C=O) groups is 5. The molecule has 0 aliphatic carbocycles. The van der Waals surface area contributed by atoms with Crippen LogP contribution >= 0.6 is 23.2 Å². The lowest BCUT2D eigenvalue weighted by Crippen LogP contribution is -2.30. The zero-order chi connectivity index (χ0) is 52.2. The Morgan fingerprint density at radius 1 is 0.616 bits per heavy atom. The summed E-state index contributed by atoms with van der Waals surface area (Å²) in [7, 11) is 3.38. The van der Waals surface area contributed by atoms with Crippen molar-refractivity contribution in [2.75, 3.05) is 37.1 Å². The van der Waals surface area contributed by atoms with Crippen LogP contribution in [0.25, 0.3) is 21.9 Å². The molecule has 0 bridgehead atoms. The molecule has 0 spiro atoms. The maximum absolute atomic E-state index is 13.6. The van der Waals surface area contributed by atoms with Crippen LogP contribution < -0.4 is 41.6 Å². The van der Waals surface area contributed by atoms with Crippen LogP contribution in [0, 0.1) is 13.8 Å². The van der Waals surface area contributed by atoms with E-state index in [1.807, 2.05) is 26.0 Å². The van der Waals surface area contributed by atoms with Crippen molar-refractivity contribution < 1.29 is 42.3 Å². The lowest BCUT2D eigenvalue weighted by Gasteiger charge is -2.24. The Balaban J connectivity index is 0.000000178. The quantitative estimate of drug-likeness (QED) is 0.121. The third-order valence-electron chi connectivity index (χ3n) is 11.3.